The van der Waals surface area contributed by atoms with Gasteiger partial charge >= 0.3 is 0 Å². The van der Waals surface area contributed by atoms with Crippen LogP contribution in [0.4, 0.5) is 0 Å². The molecule has 0 radical (unpaired) electrons. The minimum absolute atomic E-state index is 0.378. The van der Waals surface area contributed by atoms with E-state index in [0.717, 1.165) is 17.5 Å². The molecule has 1 aromatic carbocycles. The molecular weight excluding hydrogens is 256 g/mol. The van der Waals surface area contributed by atoms with Crippen LogP contribution in [-0.4, -0.2) is 31.1 Å². The van der Waals surface area contributed by atoms with Crippen LogP contribution in [0.2, 0.25) is 5.02 Å². The summed E-state index contributed by atoms with van der Waals surface area (Å²) in [4.78, 5) is 2.54. The summed E-state index contributed by atoms with van der Waals surface area (Å²) in [6.07, 6.45) is 2.65. The SMILES string of the molecule is CCN1CCC(CNC(C)c2cccc(Cl)c2)CC1. The third-order valence-electron chi connectivity index (χ3n) is 4.22. The Balaban J connectivity index is 1.76. The molecule has 1 fully saturated rings. The van der Waals surface area contributed by atoms with E-state index in [1.807, 2.05) is 12.1 Å². The topological polar surface area (TPSA) is 15.3 Å². The summed E-state index contributed by atoms with van der Waals surface area (Å²) in [5, 5.41) is 4.47. The molecule has 2 nitrogen and oxygen atoms in total. The van der Waals surface area contributed by atoms with Crippen molar-refractivity contribution in [3.63, 3.8) is 0 Å². The highest BCUT2D eigenvalue weighted by atomic mass is 35.5. The van der Waals surface area contributed by atoms with Crippen LogP contribution in [0, 0.1) is 5.92 Å². The van der Waals surface area contributed by atoms with Crippen molar-refractivity contribution in [2.24, 2.45) is 5.92 Å². The van der Waals surface area contributed by atoms with Crippen molar-refractivity contribution in [2.75, 3.05) is 26.2 Å². The number of piperidine rings is 1. The third kappa shape index (κ3) is 4.48. The first-order valence-electron chi connectivity index (χ1n) is 7.40. The monoisotopic (exact) mass is 280 g/mol. The summed E-state index contributed by atoms with van der Waals surface area (Å²) >= 11 is 6.04. The molecule has 2 rings (SSSR count). The van der Waals surface area contributed by atoms with Gasteiger partial charge < -0.3 is 10.2 Å². The molecule has 106 valence electrons. The van der Waals surface area contributed by atoms with Gasteiger partial charge in [-0.2, -0.15) is 0 Å². The molecule has 1 aliphatic rings. The molecule has 1 saturated heterocycles. The number of nitrogens with one attached hydrogen (secondary N) is 1. The van der Waals surface area contributed by atoms with Crippen molar-refractivity contribution in [1.29, 1.82) is 0 Å². The lowest BCUT2D eigenvalue weighted by atomic mass is 9.96. The van der Waals surface area contributed by atoms with Gasteiger partial charge in [-0.15, -0.1) is 0 Å². The van der Waals surface area contributed by atoms with Crippen LogP contribution in [0.15, 0.2) is 24.3 Å². The largest absolute Gasteiger partial charge is 0.310 e. The van der Waals surface area contributed by atoms with E-state index in [9.17, 15) is 0 Å². The zero-order valence-corrected chi connectivity index (χ0v) is 12.8. The number of benzene rings is 1. The predicted molar refractivity (Wildman–Crippen MR) is 82.7 cm³/mol. The van der Waals surface area contributed by atoms with Crippen molar-refractivity contribution in [1.82, 2.24) is 10.2 Å². The average molecular weight is 281 g/mol. The molecule has 0 aliphatic carbocycles. The van der Waals surface area contributed by atoms with Crippen LogP contribution in [-0.2, 0) is 0 Å². The first-order chi connectivity index (χ1) is 9.19. The number of halogens is 1. The molecule has 3 heteroatoms. The van der Waals surface area contributed by atoms with Crippen molar-refractivity contribution < 1.29 is 0 Å². The van der Waals surface area contributed by atoms with Crippen molar-refractivity contribution >= 4 is 11.6 Å². The molecule has 0 aromatic heterocycles. The third-order valence-corrected chi connectivity index (χ3v) is 4.45. The highest BCUT2D eigenvalue weighted by Gasteiger charge is 2.18. The summed E-state index contributed by atoms with van der Waals surface area (Å²) in [5.74, 6) is 0.824. The molecule has 1 heterocycles. The minimum atomic E-state index is 0.378. The van der Waals surface area contributed by atoms with E-state index in [-0.39, 0.29) is 0 Å². The summed E-state index contributed by atoms with van der Waals surface area (Å²) in [6.45, 7) is 9.29. The van der Waals surface area contributed by atoms with E-state index in [2.05, 4.69) is 36.2 Å². The maximum atomic E-state index is 6.04. The molecule has 1 aliphatic heterocycles. The van der Waals surface area contributed by atoms with Crippen molar-refractivity contribution in [3.8, 4) is 0 Å². The second kappa shape index (κ2) is 7.28. The number of rotatable bonds is 5. The summed E-state index contributed by atoms with van der Waals surface area (Å²) in [6, 6.07) is 8.53. The van der Waals surface area contributed by atoms with Gasteiger partial charge in [-0.1, -0.05) is 30.7 Å². The summed E-state index contributed by atoms with van der Waals surface area (Å²) < 4.78 is 0. The number of likely N-dealkylation sites (tertiary alicyclic amines) is 1. The second-order valence-electron chi connectivity index (χ2n) is 5.56. The molecule has 0 amide bonds. The fraction of sp³-hybridized carbons (Fsp3) is 0.625. The number of nitrogens with zero attached hydrogens (tertiary/aromatic N) is 1. The lowest BCUT2D eigenvalue weighted by Crippen LogP contribution is -2.37. The zero-order valence-electron chi connectivity index (χ0n) is 12.0. The summed E-state index contributed by atoms with van der Waals surface area (Å²) in [7, 11) is 0. The highest BCUT2D eigenvalue weighted by Crippen LogP contribution is 2.20. The van der Waals surface area contributed by atoms with Crippen LogP contribution >= 0.6 is 11.6 Å². The van der Waals surface area contributed by atoms with Crippen LogP contribution in [0.1, 0.15) is 38.3 Å². The Hall–Kier alpha value is -0.570. The van der Waals surface area contributed by atoms with Gasteiger partial charge in [0.2, 0.25) is 0 Å². The quantitative estimate of drug-likeness (QED) is 0.884. The maximum Gasteiger partial charge on any atom is 0.0409 e. The van der Waals surface area contributed by atoms with E-state index < -0.39 is 0 Å². The van der Waals surface area contributed by atoms with Crippen molar-refractivity contribution in [3.05, 3.63) is 34.9 Å². The number of hydrogen-bond acceptors (Lipinski definition) is 2. The number of hydrogen-bond donors (Lipinski definition) is 1. The average Bonchev–Trinajstić information content (AvgIpc) is 2.45. The van der Waals surface area contributed by atoms with Gasteiger partial charge in [0.05, 0.1) is 0 Å². The van der Waals surface area contributed by atoms with Gasteiger partial charge in [0.25, 0.3) is 0 Å². The van der Waals surface area contributed by atoms with E-state index in [4.69, 9.17) is 11.6 Å². The molecule has 1 aromatic rings. The Labute approximate surface area is 122 Å². The molecular formula is C16H25ClN2. The Morgan fingerprint density at radius 1 is 1.37 bits per heavy atom. The predicted octanol–water partition coefficient (Wildman–Crippen LogP) is 3.72. The van der Waals surface area contributed by atoms with Gasteiger partial charge in [0, 0.05) is 11.1 Å². The van der Waals surface area contributed by atoms with Crippen LogP contribution in [0.25, 0.3) is 0 Å². The Bertz CT molecular complexity index is 386. The van der Waals surface area contributed by atoms with E-state index >= 15 is 0 Å². The van der Waals surface area contributed by atoms with Crippen molar-refractivity contribution in [2.45, 2.75) is 32.7 Å². The summed E-state index contributed by atoms with van der Waals surface area (Å²) in [5.41, 5.74) is 1.28. The highest BCUT2D eigenvalue weighted by molar-refractivity contribution is 6.30. The van der Waals surface area contributed by atoms with Crippen LogP contribution in [0.5, 0.6) is 0 Å². The standard InChI is InChI=1S/C16H25ClN2/c1-3-19-9-7-14(8-10-19)12-18-13(2)15-5-4-6-16(17)11-15/h4-6,11,13-14,18H,3,7-10,12H2,1-2H3. The van der Waals surface area contributed by atoms with Gasteiger partial charge in [-0.3, -0.25) is 0 Å². The molecule has 0 saturated carbocycles. The molecule has 19 heavy (non-hydrogen) atoms. The van der Waals surface area contributed by atoms with Crippen LogP contribution < -0.4 is 5.32 Å². The van der Waals surface area contributed by atoms with E-state index in [1.165, 1.54) is 38.0 Å². The Morgan fingerprint density at radius 2 is 2.11 bits per heavy atom. The first kappa shape index (κ1) is 14.8. The first-order valence-corrected chi connectivity index (χ1v) is 7.78. The lowest BCUT2D eigenvalue weighted by molar-refractivity contribution is 0.188. The fourth-order valence-corrected chi connectivity index (χ4v) is 2.94. The molecule has 0 bridgehead atoms. The minimum Gasteiger partial charge on any atom is -0.310 e. The van der Waals surface area contributed by atoms with Gasteiger partial charge in [-0.05, 0) is 69.6 Å². The van der Waals surface area contributed by atoms with Gasteiger partial charge in [0.1, 0.15) is 0 Å². The van der Waals surface area contributed by atoms with E-state index in [0.29, 0.717) is 6.04 Å². The Kier molecular flexibility index (Phi) is 5.68. The van der Waals surface area contributed by atoms with E-state index in [1.54, 1.807) is 0 Å². The van der Waals surface area contributed by atoms with Gasteiger partial charge in [-0.25, -0.2) is 0 Å². The molecule has 1 unspecified atom stereocenters. The van der Waals surface area contributed by atoms with Crippen LogP contribution in [0.3, 0.4) is 0 Å². The fourth-order valence-electron chi connectivity index (χ4n) is 2.74. The van der Waals surface area contributed by atoms with Gasteiger partial charge in [0.15, 0.2) is 0 Å². The smallest absolute Gasteiger partial charge is 0.0409 e. The molecule has 1 atom stereocenters. The second-order valence-corrected chi connectivity index (χ2v) is 6.00. The maximum absolute atomic E-state index is 6.04. The normalized spacial score (nSPS) is 19.5. The molecule has 0 spiro atoms. The lowest BCUT2D eigenvalue weighted by Gasteiger charge is -2.31. The molecule has 1 N–H and O–H groups in total. The zero-order chi connectivity index (χ0) is 13.7. The Morgan fingerprint density at radius 3 is 2.74 bits per heavy atom.